The maximum atomic E-state index is 11.7. The average molecular weight is 246 g/mol. The second-order valence-corrected chi connectivity index (χ2v) is 5.21. The predicted octanol–water partition coefficient (Wildman–Crippen LogP) is 1.63. The van der Waals surface area contributed by atoms with Crippen molar-refractivity contribution in [3.05, 3.63) is 34.4 Å². The first-order valence-electron chi connectivity index (χ1n) is 6.66. The molecular formula is C15H22N2O. The highest BCUT2D eigenvalue weighted by Gasteiger charge is 2.21. The molecule has 1 aromatic rings. The van der Waals surface area contributed by atoms with Crippen LogP contribution in [-0.4, -0.2) is 25.0 Å². The van der Waals surface area contributed by atoms with E-state index in [0.29, 0.717) is 0 Å². The summed E-state index contributed by atoms with van der Waals surface area (Å²) >= 11 is 0. The Labute approximate surface area is 109 Å². The van der Waals surface area contributed by atoms with Crippen LogP contribution in [0, 0.1) is 20.8 Å². The van der Waals surface area contributed by atoms with Gasteiger partial charge in [-0.3, -0.25) is 4.79 Å². The number of amides is 1. The van der Waals surface area contributed by atoms with E-state index >= 15 is 0 Å². The van der Waals surface area contributed by atoms with E-state index in [2.05, 4.69) is 43.5 Å². The van der Waals surface area contributed by atoms with Gasteiger partial charge >= 0.3 is 0 Å². The maximum Gasteiger partial charge on any atom is 0.237 e. The molecule has 98 valence electrons. The Balaban J connectivity index is 2.04. The molecule has 0 aromatic heterocycles. The van der Waals surface area contributed by atoms with E-state index in [1.165, 1.54) is 22.3 Å². The van der Waals surface area contributed by atoms with Gasteiger partial charge in [0.1, 0.15) is 0 Å². The molecule has 18 heavy (non-hydrogen) atoms. The van der Waals surface area contributed by atoms with E-state index in [4.69, 9.17) is 0 Å². The molecule has 1 unspecified atom stereocenters. The van der Waals surface area contributed by atoms with Gasteiger partial charge in [-0.1, -0.05) is 17.7 Å². The summed E-state index contributed by atoms with van der Waals surface area (Å²) in [6.07, 6.45) is 1.83. The molecule has 1 aromatic carbocycles. The quantitative estimate of drug-likeness (QED) is 0.851. The lowest BCUT2D eigenvalue weighted by molar-refractivity contribution is -0.124. The molecule has 0 spiro atoms. The van der Waals surface area contributed by atoms with Crippen LogP contribution in [0.4, 0.5) is 0 Å². The number of carbonyl (C=O) groups excluding carboxylic acids is 1. The van der Waals surface area contributed by atoms with Gasteiger partial charge in [0.05, 0.1) is 6.04 Å². The molecule has 0 saturated carbocycles. The molecule has 0 aliphatic carbocycles. The number of hydrogen-bond acceptors (Lipinski definition) is 2. The largest absolute Gasteiger partial charge is 0.353 e. The first-order valence-corrected chi connectivity index (χ1v) is 6.66. The summed E-state index contributed by atoms with van der Waals surface area (Å²) < 4.78 is 0. The van der Waals surface area contributed by atoms with Crippen molar-refractivity contribution in [3.8, 4) is 0 Å². The molecule has 3 nitrogen and oxygen atoms in total. The normalized spacial score (nSPS) is 19.7. The van der Waals surface area contributed by atoms with Gasteiger partial charge in [-0.25, -0.2) is 0 Å². The van der Waals surface area contributed by atoms with Crippen molar-refractivity contribution in [1.82, 2.24) is 10.6 Å². The van der Waals surface area contributed by atoms with Crippen LogP contribution in [0.25, 0.3) is 0 Å². The van der Waals surface area contributed by atoms with E-state index in [0.717, 1.165) is 25.9 Å². The lowest BCUT2D eigenvalue weighted by Crippen LogP contribution is -2.52. The zero-order valence-corrected chi connectivity index (χ0v) is 11.5. The van der Waals surface area contributed by atoms with Crippen molar-refractivity contribution < 1.29 is 4.79 Å². The number of carbonyl (C=O) groups is 1. The predicted molar refractivity (Wildman–Crippen MR) is 73.8 cm³/mol. The third-order valence-corrected chi connectivity index (χ3v) is 3.65. The molecule has 1 aliphatic heterocycles. The molecule has 0 bridgehead atoms. The van der Waals surface area contributed by atoms with Crippen LogP contribution in [-0.2, 0) is 11.2 Å². The molecule has 1 atom stereocenters. The third kappa shape index (κ3) is 2.91. The van der Waals surface area contributed by atoms with Crippen LogP contribution in [0.3, 0.4) is 0 Å². The number of aryl methyl sites for hydroxylation is 3. The van der Waals surface area contributed by atoms with E-state index in [1.54, 1.807) is 0 Å². The van der Waals surface area contributed by atoms with Crippen molar-refractivity contribution in [1.29, 1.82) is 0 Å². The lowest BCUT2D eigenvalue weighted by atomic mass is 9.94. The summed E-state index contributed by atoms with van der Waals surface area (Å²) in [5.74, 6) is 0.142. The van der Waals surface area contributed by atoms with Gasteiger partial charge < -0.3 is 10.6 Å². The van der Waals surface area contributed by atoms with Crippen molar-refractivity contribution in [2.45, 2.75) is 39.7 Å². The molecule has 3 heteroatoms. The fourth-order valence-electron chi connectivity index (χ4n) is 2.77. The number of piperazine rings is 1. The second-order valence-electron chi connectivity index (χ2n) is 5.21. The van der Waals surface area contributed by atoms with Crippen molar-refractivity contribution in [3.63, 3.8) is 0 Å². The smallest absolute Gasteiger partial charge is 0.237 e. The maximum absolute atomic E-state index is 11.7. The summed E-state index contributed by atoms with van der Waals surface area (Å²) in [5, 5.41) is 6.18. The molecule has 1 fully saturated rings. The van der Waals surface area contributed by atoms with Gasteiger partial charge in [-0.2, -0.15) is 0 Å². The topological polar surface area (TPSA) is 41.1 Å². The minimum absolute atomic E-state index is 0.0288. The zero-order chi connectivity index (χ0) is 13.1. The highest BCUT2D eigenvalue weighted by atomic mass is 16.2. The minimum atomic E-state index is -0.0288. The monoisotopic (exact) mass is 246 g/mol. The van der Waals surface area contributed by atoms with Gasteiger partial charge in [0, 0.05) is 13.1 Å². The SMILES string of the molecule is Cc1cc(C)c(CCC2NCCNC2=O)c(C)c1. The first kappa shape index (κ1) is 13.1. The molecule has 1 amide bonds. The zero-order valence-electron chi connectivity index (χ0n) is 11.5. The van der Waals surface area contributed by atoms with Crippen LogP contribution in [0.15, 0.2) is 12.1 Å². The van der Waals surface area contributed by atoms with Crippen LogP contribution < -0.4 is 10.6 Å². The average Bonchev–Trinajstić information content (AvgIpc) is 2.30. The number of rotatable bonds is 3. The summed E-state index contributed by atoms with van der Waals surface area (Å²) in [6, 6.07) is 4.41. The lowest BCUT2D eigenvalue weighted by Gasteiger charge is -2.24. The van der Waals surface area contributed by atoms with Crippen LogP contribution >= 0.6 is 0 Å². The van der Waals surface area contributed by atoms with Gasteiger partial charge in [-0.05, 0) is 50.3 Å². The molecule has 2 rings (SSSR count). The third-order valence-electron chi connectivity index (χ3n) is 3.65. The highest BCUT2D eigenvalue weighted by molar-refractivity contribution is 5.82. The van der Waals surface area contributed by atoms with Crippen molar-refractivity contribution in [2.75, 3.05) is 13.1 Å². The Morgan fingerprint density at radius 2 is 1.83 bits per heavy atom. The van der Waals surface area contributed by atoms with E-state index < -0.39 is 0 Å². The number of hydrogen-bond donors (Lipinski definition) is 2. The second kappa shape index (κ2) is 5.53. The van der Waals surface area contributed by atoms with Crippen LogP contribution in [0.2, 0.25) is 0 Å². The van der Waals surface area contributed by atoms with Crippen LogP contribution in [0.5, 0.6) is 0 Å². The Kier molecular flexibility index (Phi) is 4.02. The van der Waals surface area contributed by atoms with Gasteiger partial charge in [-0.15, -0.1) is 0 Å². The van der Waals surface area contributed by atoms with E-state index in [9.17, 15) is 4.79 Å². The molecule has 1 heterocycles. The molecule has 0 radical (unpaired) electrons. The Morgan fingerprint density at radius 3 is 2.44 bits per heavy atom. The number of nitrogens with one attached hydrogen (secondary N) is 2. The minimum Gasteiger partial charge on any atom is -0.353 e. The molecule has 2 N–H and O–H groups in total. The Morgan fingerprint density at radius 1 is 1.17 bits per heavy atom. The summed E-state index contributed by atoms with van der Waals surface area (Å²) in [4.78, 5) is 11.7. The fourth-order valence-corrected chi connectivity index (χ4v) is 2.77. The van der Waals surface area contributed by atoms with Gasteiger partial charge in [0.15, 0.2) is 0 Å². The molecule has 1 saturated heterocycles. The standard InChI is InChI=1S/C15H22N2O/c1-10-8-11(2)13(12(3)9-10)4-5-14-15(18)17-7-6-16-14/h8-9,14,16H,4-7H2,1-3H3,(H,17,18). The van der Waals surface area contributed by atoms with Gasteiger partial charge in [0.2, 0.25) is 5.91 Å². The highest BCUT2D eigenvalue weighted by Crippen LogP contribution is 2.18. The van der Waals surface area contributed by atoms with Gasteiger partial charge in [0.25, 0.3) is 0 Å². The van der Waals surface area contributed by atoms with E-state index in [-0.39, 0.29) is 11.9 Å². The fraction of sp³-hybridized carbons (Fsp3) is 0.533. The summed E-state index contributed by atoms with van der Waals surface area (Å²) in [6.45, 7) is 8.06. The van der Waals surface area contributed by atoms with Crippen molar-refractivity contribution in [2.24, 2.45) is 0 Å². The Bertz CT molecular complexity index is 431. The summed E-state index contributed by atoms with van der Waals surface area (Å²) in [7, 11) is 0. The van der Waals surface area contributed by atoms with Crippen LogP contribution in [0.1, 0.15) is 28.7 Å². The summed E-state index contributed by atoms with van der Waals surface area (Å²) in [5.41, 5.74) is 5.37. The molecule has 1 aliphatic rings. The number of benzene rings is 1. The molecular weight excluding hydrogens is 224 g/mol. The Hall–Kier alpha value is -1.35. The van der Waals surface area contributed by atoms with Crippen molar-refractivity contribution >= 4 is 5.91 Å². The van der Waals surface area contributed by atoms with E-state index in [1.807, 2.05) is 0 Å². The first-order chi connectivity index (χ1) is 8.58.